The zero-order valence-corrected chi connectivity index (χ0v) is 20.0. The topological polar surface area (TPSA) is 66.0 Å². The van der Waals surface area contributed by atoms with Gasteiger partial charge in [-0.25, -0.2) is 0 Å². The summed E-state index contributed by atoms with van der Waals surface area (Å²) in [6.45, 7) is 3.47. The second-order valence-corrected chi connectivity index (χ2v) is 8.70. The smallest absolute Gasteiger partial charge is 0.217 e. The molecule has 4 rings (SSSR count). The summed E-state index contributed by atoms with van der Waals surface area (Å²) in [5.41, 5.74) is 3.21. The number of hydrogen-bond donors (Lipinski definition) is 1. The molecule has 3 aromatic carbocycles. The Labute approximate surface area is 207 Å². The first-order valence-corrected chi connectivity index (χ1v) is 12.0. The van der Waals surface area contributed by atoms with Crippen LogP contribution in [0.1, 0.15) is 23.6 Å². The molecule has 2 unspecified atom stereocenters. The highest BCUT2D eigenvalue weighted by atomic mass is 16.6. The Bertz CT molecular complexity index is 1020. The molecule has 0 saturated carbocycles. The maximum atomic E-state index is 11.9. The van der Waals surface area contributed by atoms with Crippen molar-refractivity contribution in [3.63, 3.8) is 0 Å². The van der Waals surface area contributed by atoms with Gasteiger partial charge in [-0.15, -0.1) is 0 Å². The molecular formula is C29H33NO5. The van der Waals surface area contributed by atoms with E-state index in [9.17, 15) is 4.79 Å². The maximum absolute atomic E-state index is 11.9. The van der Waals surface area contributed by atoms with Crippen LogP contribution >= 0.6 is 0 Å². The molecule has 35 heavy (non-hydrogen) atoms. The SMILES string of the molecule is CC(=O)NC1COC(COCc2ccccc2)[C@@H](OCc2ccccc2)[C@H]1OCc1ccccc1. The van der Waals surface area contributed by atoms with Crippen LogP contribution in [0.4, 0.5) is 0 Å². The van der Waals surface area contributed by atoms with Crippen molar-refractivity contribution in [3.8, 4) is 0 Å². The summed E-state index contributed by atoms with van der Waals surface area (Å²) in [5.74, 6) is -0.132. The molecule has 0 aromatic heterocycles. The van der Waals surface area contributed by atoms with Gasteiger partial charge in [0.05, 0.1) is 39.1 Å². The molecular weight excluding hydrogens is 442 g/mol. The van der Waals surface area contributed by atoms with E-state index in [1.807, 2.05) is 91.0 Å². The lowest BCUT2D eigenvalue weighted by atomic mass is 9.97. The molecule has 0 spiro atoms. The Morgan fingerprint density at radius 3 is 1.77 bits per heavy atom. The van der Waals surface area contributed by atoms with E-state index >= 15 is 0 Å². The summed E-state index contributed by atoms with van der Waals surface area (Å²) < 4.78 is 25.0. The summed E-state index contributed by atoms with van der Waals surface area (Å²) in [6, 6.07) is 29.7. The van der Waals surface area contributed by atoms with Crippen molar-refractivity contribution in [3.05, 3.63) is 108 Å². The molecule has 184 valence electrons. The van der Waals surface area contributed by atoms with Crippen LogP contribution in [-0.4, -0.2) is 43.5 Å². The van der Waals surface area contributed by atoms with Crippen LogP contribution in [-0.2, 0) is 43.6 Å². The summed E-state index contributed by atoms with van der Waals surface area (Å²) in [7, 11) is 0. The van der Waals surface area contributed by atoms with Crippen LogP contribution in [0.2, 0.25) is 0 Å². The molecule has 1 aliphatic heterocycles. The molecule has 1 fully saturated rings. The van der Waals surface area contributed by atoms with Gasteiger partial charge in [0.2, 0.25) is 5.91 Å². The first-order chi connectivity index (χ1) is 17.2. The Kier molecular flexibility index (Phi) is 9.43. The van der Waals surface area contributed by atoms with Crippen molar-refractivity contribution in [2.24, 2.45) is 0 Å². The van der Waals surface area contributed by atoms with Crippen LogP contribution < -0.4 is 5.32 Å². The molecule has 1 saturated heterocycles. The lowest BCUT2D eigenvalue weighted by Gasteiger charge is -2.42. The third kappa shape index (κ3) is 7.73. The van der Waals surface area contributed by atoms with Gasteiger partial charge in [-0.2, -0.15) is 0 Å². The predicted molar refractivity (Wildman–Crippen MR) is 133 cm³/mol. The molecule has 3 aromatic rings. The normalized spacial score (nSPS) is 22.0. The van der Waals surface area contributed by atoms with E-state index in [0.29, 0.717) is 33.0 Å². The molecule has 0 radical (unpaired) electrons. The van der Waals surface area contributed by atoms with Crippen molar-refractivity contribution in [2.75, 3.05) is 13.2 Å². The van der Waals surface area contributed by atoms with Crippen LogP contribution in [0, 0.1) is 0 Å². The van der Waals surface area contributed by atoms with Gasteiger partial charge < -0.3 is 24.3 Å². The predicted octanol–water partition coefficient (Wildman–Crippen LogP) is 4.28. The monoisotopic (exact) mass is 475 g/mol. The Morgan fingerprint density at radius 2 is 1.26 bits per heavy atom. The highest BCUT2D eigenvalue weighted by Crippen LogP contribution is 2.25. The second-order valence-electron chi connectivity index (χ2n) is 8.70. The quantitative estimate of drug-likeness (QED) is 0.449. The second kappa shape index (κ2) is 13.2. The average molecular weight is 476 g/mol. The molecule has 1 N–H and O–H groups in total. The van der Waals surface area contributed by atoms with E-state index in [2.05, 4.69) is 5.32 Å². The molecule has 1 aliphatic rings. The fourth-order valence-corrected chi connectivity index (χ4v) is 4.20. The zero-order chi connectivity index (χ0) is 24.3. The number of hydrogen-bond acceptors (Lipinski definition) is 5. The minimum atomic E-state index is -0.430. The van der Waals surface area contributed by atoms with Crippen molar-refractivity contribution in [1.82, 2.24) is 5.32 Å². The van der Waals surface area contributed by atoms with E-state index in [1.54, 1.807) is 0 Å². The van der Waals surface area contributed by atoms with Gasteiger partial charge in [-0.05, 0) is 16.7 Å². The van der Waals surface area contributed by atoms with Gasteiger partial charge in [-0.1, -0.05) is 91.0 Å². The van der Waals surface area contributed by atoms with Gasteiger partial charge in [0.25, 0.3) is 0 Å². The number of rotatable bonds is 11. The summed E-state index contributed by atoms with van der Waals surface area (Å²) in [4.78, 5) is 11.9. The standard InChI is InChI=1S/C29H33NO5/c1-22(31)30-26-20-33-27(21-32-17-23-11-5-2-6-12-23)29(35-19-25-15-9-4-10-16-25)28(26)34-18-24-13-7-3-8-14-24/h2-16,26-29H,17-21H2,1H3,(H,30,31)/t26?,27?,28-,29+/m0/s1. The van der Waals surface area contributed by atoms with Crippen molar-refractivity contribution < 1.29 is 23.7 Å². The fourth-order valence-electron chi connectivity index (χ4n) is 4.20. The summed E-state index contributed by atoms with van der Waals surface area (Å²) in [6.07, 6.45) is -1.17. The first kappa shape index (κ1) is 25.1. The number of ether oxygens (including phenoxy) is 4. The maximum Gasteiger partial charge on any atom is 0.217 e. The highest BCUT2D eigenvalue weighted by Gasteiger charge is 2.42. The lowest BCUT2D eigenvalue weighted by molar-refractivity contribution is -0.208. The van der Waals surface area contributed by atoms with Crippen LogP contribution in [0.25, 0.3) is 0 Å². The third-order valence-corrected chi connectivity index (χ3v) is 5.93. The Balaban J connectivity index is 1.49. The van der Waals surface area contributed by atoms with Crippen LogP contribution in [0.5, 0.6) is 0 Å². The molecule has 6 nitrogen and oxygen atoms in total. The molecule has 4 atom stereocenters. The van der Waals surface area contributed by atoms with Gasteiger partial charge in [-0.3, -0.25) is 4.79 Å². The van der Waals surface area contributed by atoms with Crippen LogP contribution in [0.15, 0.2) is 91.0 Å². The molecule has 0 bridgehead atoms. The zero-order valence-electron chi connectivity index (χ0n) is 20.0. The fraction of sp³-hybridized carbons (Fsp3) is 0.345. The Morgan fingerprint density at radius 1 is 0.771 bits per heavy atom. The molecule has 6 heteroatoms. The number of carbonyl (C=O) groups is 1. The third-order valence-electron chi connectivity index (χ3n) is 5.93. The van der Waals surface area contributed by atoms with Gasteiger partial charge in [0.1, 0.15) is 18.3 Å². The summed E-state index contributed by atoms with van der Waals surface area (Å²) in [5, 5.41) is 2.99. The number of amides is 1. The minimum Gasteiger partial charge on any atom is -0.374 e. The number of nitrogens with one attached hydrogen (secondary N) is 1. The number of benzene rings is 3. The highest BCUT2D eigenvalue weighted by molar-refractivity contribution is 5.73. The van der Waals surface area contributed by atoms with Crippen LogP contribution in [0.3, 0.4) is 0 Å². The largest absolute Gasteiger partial charge is 0.374 e. The van der Waals surface area contributed by atoms with Gasteiger partial charge in [0.15, 0.2) is 0 Å². The molecule has 1 heterocycles. The van der Waals surface area contributed by atoms with Crippen molar-refractivity contribution in [2.45, 2.75) is 51.1 Å². The van der Waals surface area contributed by atoms with Crippen molar-refractivity contribution >= 4 is 5.91 Å². The van der Waals surface area contributed by atoms with E-state index < -0.39 is 12.2 Å². The first-order valence-electron chi connectivity index (χ1n) is 12.0. The van der Waals surface area contributed by atoms with Gasteiger partial charge >= 0.3 is 0 Å². The van der Waals surface area contributed by atoms with E-state index in [-0.39, 0.29) is 18.1 Å². The van der Waals surface area contributed by atoms with Gasteiger partial charge in [0, 0.05) is 6.92 Å². The summed E-state index contributed by atoms with van der Waals surface area (Å²) >= 11 is 0. The average Bonchev–Trinajstić information content (AvgIpc) is 2.89. The minimum absolute atomic E-state index is 0.132. The van der Waals surface area contributed by atoms with E-state index in [4.69, 9.17) is 18.9 Å². The van der Waals surface area contributed by atoms with Crippen molar-refractivity contribution in [1.29, 1.82) is 0 Å². The van der Waals surface area contributed by atoms with E-state index in [1.165, 1.54) is 6.92 Å². The lowest BCUT2D eigenvalue weighted by Crippen LogP contribution is -2.61. The Hall–Kier alpha value is -3.03. The molecule has 0 aliphatic carbocycles. The van der Waals surface area contributed by atoms with E-state index in [0.717, 1.165) is 16.7 Å². The number of carbonyl (C=O) groups excluding carboxylic acids is 1. The molecule has 1 amide bonds.